The number of carbonyl (C=O) groups excluding carboxylic acids is 1. The van der Waals surface area contributed by atoms with E-state index in [1.165, 1.54) is 33.1 Å². The molecular formula is C34H29N5O2S3. The van der Waals surface area contributed by atoms with Gasteiger partial charge in [0.25, 0.3) is 11.5 Å². The Labute approximate surface area is 266 Å². The van der Waals surface area contributed by atoms with Crippen LogP contribution in [0.3, 0.4) is 0 Å². The largest absolute Gasteiger partial charge is 0.322 e. The van der Waals surface area contributed by atoms with Gasteiger partial charge in [-0.2, -0.15) is 5.26 Å². The molecule has 0 fully saturated rings. The van der Waals surface area contributed by atoms with Gasteiger partial charge in [-0.25, -0.2) is 4.99 Å². The summed E-state index contributed by atoms with van der Waals surface area (Å²) in [5.41, 5.74) is 6.46. The zero-order valence-electron chi connectivity index (χ0n) is 24.5. The molecule has 0 unspecified atom stereocenters. The quantitative estimate of drug-likeness (QED) is 0.251. The Morgan fingerprint density at radius 3 is 2.64 bits per heavy atom. The Balaban J connectivity index is 1.33. The third-order valence-corrected chi connectivity index (χ3v) is 11.5. The second kappa shape index (κ2) is 11.3. The van der Waals surface area contributed by atoms with E-state index >= 15 is 0 Å². The van der Waals surface area contributed by atoms with Crippen molar-refractivity contribution >= 4 is 51.7 Å². The highest BCUT2D eigenvalue weighted by molar-refractivity contribution is 7.15. The lowest BCUT2D eigenvalue weighted by Crippen LogP contribution is -2.40. The molecule has 0 bridgehead atoms. The summed E-state index contributed by atoms with van der Waals surface area (Å²) in [4.78, 5) is 35.4. The van der Waals surface area contributed by atoms with Gasteiger partial charge in [-0.15, -0.1) is 22.7 Å². The number of nitriles is 1. The minimum absolute atomic E-state index is 0.182. The SMILES string of the molecule is CC1=C(C(=O)Nc2ccccc2)[C@@H](c2cccs2)n2c(s/c(=C/c3cc(C)n(-c4sc5c(c4C#N)CCCC5)c3C)c2=O)=N1. The summed E-state index contributed by atoms with van der Waals surface area (Å²) in [5, 5.41) is 16.0. The van der Waals surface area contributed by atoms with E-state index in [0.717, 1.165) is 58.1 Å². The van der Waals surface area contributed by atoms with E-state index in [0.29, 0.717) is 26.3 Å². The van der Waals surface area contributed by atoms with Crippen molar-refractivity contribution in [2.45, 2.75) is 52.5 Å². The average molecular weight is 636 g/mol. The van der Waals surface area contributed by atoms with Gasteiger partial charge in [0.15, 0.2) is 4.80 Å². The molecule has 1 aliphatic heterocycles. The zero-order valence-corrected chi connectivity index (χ0v) is 27.0. The molecule has 7 rings (SSSR count). The Hall–Kier alpha value is -4.30. The number of thiazole rings is 1. The van der Waals surface area contributed by atoms with E-state index in [2.05, 4.69) is 22.0 Å². The Bertz CT molecular complexity index is 2190. The molecule has 5 aromatic rings. The van der Waals surface area contributed by atoms with Gasteiger partial charge < -0.3 is 9.88 Å². The van der Waals surface area contributed by atoms with Crippen molar-refractivity contribution in [2.75, 3.05) is 5.32 Å². The predicted octanol–water partition coefficient (Wildman–Crippen LogP) is 6.15. The Kier molecular flexibility index (Phi) is 7.33. The van der Waals surface area contributed by atoms with Crippen LogP contribution in [0.15, 0.2) is 75.0 Å². The third kappa shape index (κ3) is 4.72. The van der Waals surface area contributed by atoms with Crippen molar-refractivity contribution in [3.63, 3.8) is 0 Å². The first kappa shape index (κ1) is 28.5. The predicted molar refractivity (Wildman–Crippen MR) is 178 cm³/mol. The second-order valence-corrected chi connectivity index (χ2v) is 14.2. The number of aryl methyl sites for hydroxylation is 2. The van der Waals surface area contributed by atoms with Gasteiger partial charge in [0.05, 0.1) is 21.4 Å². The molecule has 220 valence electrons. The smallest absolute Gasteiger partial charge is 0.271 e. The molecule has 0 radical (unpaired) electrons. The maximum absolute atomic E-state index is 14.1. The number of nitrogens with one attached hydrogen (secondary N) is 1. The van der Waals surface area contributed by atoms with Crippen LogP contribution in [0.5, 0.6) is 0 Å². The highest BCUT2D eigenvalue weighted by Crippen LogP contribution is 2.38. The minimum Gasteiger partial charge on any atom is -0.322 e. The van der Waals surface area contributed by atoms with Crippen LogP contribution in [-0.2, 0) is 17.6 Å². The summed E-state index contributed by atoms with van der Waals surface area (Å²) in [7, 11) is 0. The number of carbonyl (C=O) groups is 1. The number of para-hydroxylation sites is 1. The number of hydrogen-bond acceptors (Lipinski definition) is 7. The van der Waals surface area contributed by atoms with Crippen molar-refractivity contribution in [3.8, 4) is 11.1 Å². The molecule has 44 heavy (non-hydrogen) atoms. The molecule has 4 aromatic heterocycles. The van der Waals surface area contributed by atoms with Gasteiger partial charge in [-0.05, 0) is 93.3 Å². The highest BCUT2D eigenvalue weighted by Gasteiger charge is 2.33. The molecule has 1 N–H and O–H groups in total. The highest BCUT2D eigenvalue weighted by atomic mass is 32.1. The standard InChI is InChI=1S/C34H29N5O2S3/c1-19-16-22(21(3)38(19)33-25(18-35)24-12-7-8-13-26(24)43-33)17-28-32(41)39-30(27-14-9-15-42-27)29(20(2)36-34(39)44-28)31(40)37-23-10-5-4-6-11-23/h4-6,9-11,14-17,30H,7-8,12-13H2,1-3H3,(H,37,40)/b28-17+/t30-/m1/s1. The van der Waals surface area contributed by atoms with Crippen LogP contribution < -0.4 is 20.2 Å². The minimum atomic E-state index is -0.583. The zero-order chi connectivity index (χ0) is 30.5. The number of allylic oxidation sites excluding steroid dienone is 1. The van der Waals surface area contributed by atoms with Crippen molar-refractivity contribution in [3.05, 3.63) is 123 Å². The number of anilines is 1. The molecule has 2 aliphatic rings. The first-order valence-corrected chi connectivity index (χ1v) is 17.0. The molecule has 0 saturated carbocycles. The summed E-state index contributed by atoms with van der Waals surface area (Å²) in [6, 6.07) is 17.2. The number of fused-ring (bicyclic) bond motifs is 2. The van der Waals surface area contributed by atoms with Crippen molar-refractivity contribution in [1.82, 2.24) is 9.13 Å². The third-order valence-electron chi connectivity index (χ3n) is 8.34. The van der Waals surface area contributed by atoms with Crippen molar-refractivity contribution in [2.24, 2.45) is 4.99 Å². The van der Waals surface area contributed by atoms with Crippen LogP contribution in [0.4, 0.5) is 5.69 Å². The first-order valence-electron chi connectivity index (χ1n) is 14.5. The normalized spacial score (nSPS) is 16.3. The fraction of sp³-hybridized carbons (Fsp3) is 0.235. The van der Waals surface area contributed by atoms with Crippen LogP contribution in [0, 0.1) is 25.2 Å². The molecule has 7 nitrogen and oxygen atoms in total. The number of benzene rings is 1. The van der Waals surface area contributed by atoms with E-state index in [9.17, 15) is 14.9 Å². The number of rotatable bonds is 5. The maximum Gasteiger partial charge on any atom is 0.271 e. The van der Waals surface area contributed by atoms with Gasteiger partial charge in [0.2, 0.25) is 0 Å². The van der Waals surface area contributed by atoms with Crippen molar-refractivity contribution in [1.29, 1.82) is 5.26 Å². The lowest BCUT2D eigenvalue weighted by Gasteiger charge is -2.24. The summed E-state index contributed by atoms with van der Waals surface area (Å²) in [5.74, 6) is -0.277. The van der Waals surface area contributed by atoms with Gasteiger partial charge in [-0.1, -0.05) is 35.6 Å². The number of amides is 1. The van der Waals surface area contributed by atoms with Gasteiger partial charge in [0.1, 0.15) is 17.1 Å². The maximum atomic E-state index is 14.1. The van der Waals surface area contributed by atoms with Gasteiger partial charge in [0, 0.05) is 26.8 Å². The molecule has 1 atom stereocenters. The molecule has 1 amide bonds. The summed E-state index contributed by atoms with van der Waals surface area (Å²) in [6.07, 6.45) is 6.19. The van der Waals surface area contributed by atoms with E-state index in [1.54, 1.807) is 15.9 Å². The molecule has 1 aliphatic carbocycles. The first-order chi connectivity index (χ1) is 21.4. The lowest BCUT2D eigenvalue weighted by molar-refractivity contribution is -0.113. The van der Waals surface area contributed by atoms with Crippen LogP contribution in [0.1, 0.15) is 63.6 Å². The van der Waals surface area contributed by atoms with Crippen LogP contribution in [0.25, 0.3) is 11.1 Å². The number of nitrogens with zero attached hydrogens (tertiary/aromatic N) is 4. The monoisotopic (exact) mass is 635 g/mol. The van der Waals surface area contributed by atoms with Crippen molar-refractivity contribution < 1.29 is 4.79 Å². The fourth-order valence-electron chi connectivity index (χ4n) is 6.26. The van der Waals surface area contributed by atoms with Gasteiger partial charge in [-0.3, -0.25) is 14.2 Å². The van der Waals surface area contributed by atoms with E-state index < -0.39 is 6.04 Å². The Morgan fingerprint density at radius 2 is 1.89 bits per heavy atom. The molecule has 0 saturated heterocycles. The summed E-state index contributed by atoms with van der Waals surface area (Å²) >= 11 is 4.57. The second-order valence-electron chi connectivity index (χ2n) is 11.1. The van der Waals surface area contributed by atoms with E-state index in [4.69, 9.17) is 4.99 Å². The topological polar surface area (TPSA) is 92.2 Å². The molecule has 1 aromatic carbocycles. The molecule has 10 heteroatoms. The summed E-state index contributed by atoms with van der Waals surface area (Å²) in [6.45, 7) is 5.92. The number of hydrogen-bond donors (Lipinski definition) is 1. The van der Waals surface area contributed by atoms with Crippen LogP contribution in [-0.4, -0.2) is 15.0 Å². The molecule has 5 heterocycles. The summed E-state index contributed by atoms with van der Waals surface area (Å²) < 4.78 is 4.37. The van der Waals surface area contributed by atoms with Crippen LogP contribution in [0.2, 0.25) is 0 Å². The lowest BCUT2D eigenvalue weighted by atomic mass is 9.96. The van der Waals surface area contributed by atoms with Crippen LogP contribution >= 0.6 is 34.0 Å². The molecule has 0 spiro atoms. The fourth-order valence-corrected chi connectivity index (χ4v) is 9.57. The van der Waals surface area contributed by atoms with Gasteiger partial charge >= 0.3 is 0 Å². The van der Waals surface area contributed by atoms with E-state index in [1.807, 2.05) is 74.7 Å². The number of aromatic nitrogens is 2. The molecular weight excluding hydrogens is 607 g/mol. The van der Waals surface area contributed by atoms with E-state index in [-0.39, 0.29) is 11.5 Å². The average Bonchev–Trinajstić information content (AvgIpc) is 3.79. The Morgan fingerprint density at radius 1 is 1.09 bits per heavy atom. The number of thiophene rings is 2.